The predicted octanol–water partition coefficient (Wildman–Crippen LogP) is 4.79. The molecule has 2 aliphatic rings. The van der Waals surface area contributed by atoms with Crippen LogP contribution in [0.2, 0.25) is 0 Å². The molecule has 0 spiro atoms. The van der Waals surface area contributed by atoms with Gasteiger partial charge in [-0.25, -0.2) is 0 Å². The lowest BCUT2D eigenvalue weighted by molar-refractivity contribution is 0.511. The van der Waals surface area contributed by atoms with Crippen molar-refractivity contribution < 1.29 is 0 Å². The highest BCUT2D eigenvalue weighted by Crippen LogP contribution is 2.49. The van der Waals surface area contributed by atoms with Gasteiger partial charge in [-0.05, 0) is 22.6 Å². The largest absolute Gasteiger partial charge is 0.117 e. The van der Waals surface area contributed by atoms with Crippen molar-refractivity contribution >= 4 is 11.8 Å². The van der Waals surface area contributed by atoms with Crippen LogP contribution in [0.15, 0.2) is 53.0 Å². The molecule has 0 radical (unpaired) electrons. The molecule has 88 valence electrons. The third kappa shape index (κ3) is 1.87. The molecular weight excluding hydrogens is 224 g/mol. The van der Waals surface area contributed by atoms with Crippen molar-refractivity contribution in [2.24, 2.45) is 5.41 Å². The van der Waals surface area contributed by atoms with Crippen molar-refractivity contribution in [2.75, 3.05) is 0 Å². The second-order valence-corrected chi connectivity index (χ2v) is 7.10. The highest BCUT2D eigenvalue weighted by Gasteiger charge is 2.33. The van der Waals surface area contributed by atoms with E-state index in [2.05, 4.69) is 63.3 Å². The monoisotopic (exact) mass is 242 g/mol. The van der Waals surface area contributed by atoms with Gasteiger partial charge in [0.2, 0.25) is 0 Å². The van der Waals surface area contributed by atoms with Crippen LogP contribution in [0.3, 0.4) is 0 Å². The van der Waals surface area contributed by atoms with Crippen LogP contribution in [-0.2, 0) is 0 Å². The maximum Gasteiger partial charge on any atom is 0.0384 e. The summed E-state index contributed by atoms with van der Waals surface area (Å²) in [4.78, 5) is 1.46. The molecule has 1 heteroatoms. The molecule has 0 amide bonds. The number of benzene rings is 1. The Hall–Kier alpha value is -0.950. The van der Waals surface area contributed by atoms with Gasteiger partial charge in [0.1, 0.15) is 0 Å². The molecule has 0 saturated heterocycles. The van der Waals surface area contributed by atoms with Crippen LogP contribution < -0.4 is 0 Å². The van der Waals surface area contributed by atoms with Crippen LogP contribution >= 0.6 is 11.8 Å². The first-order valence-corrected chi connectivity index (χ1v) is 7.10. The van der Waals surface area contributed by atoms with Crippen molar-refractivity contribution in [3.63, 3.8) is 0 Å². The van der Waals surface area contributed by atoms with E-state index in [1.165, 1.54) is 16.0 Å². The zero-order valence-electron chi connectivity index (χ0n) is 10.6. The number of fused-ring (bicyclic) bond motifs is 3. The average Bonchev–Trinajstić information content (AvgIpc) is 2.65. The van der Waals surface area contributed by atoms with Gasteiger partial charge in [-0.3, -0.25) is 0 Å². The molecule has 0 saturated carbocycles. The Morgan fingerprint density at radius 2 is 1.88 bits per heavy atom. The summed E-state index contributed by atoms with van der Waals surface area (Å²) < 4.78 is 0. The fourth-order valence-corrected chi connectivity index (χ4v) is 3.94. The lowest BCUT2D eigenvalue weighted by atomic mass is 9.80. The Bertz CT molecular complexity index is 503. The van der Waals surface area contributed by atoms with Gasteiger partial charge >= 0.3 is 0 Å². The van der Waals surface area contributed by atoms with E-state index in [0.29, 0.717) is 11.2 Å². The Balaban J connectivity index is 1.97. The molecule has 1 aliphatic heterocycles. The molecule has 3 rings (SSSR count). The number of hydrogen-bond acceptors (Lipinski definition) is 1. The standard InChI is InChI=1S/C16H18S/c1-16(2,3)11-8-9-13-12-6-4-5-7-14(12)17-15(13)10-11/h4-10,13,15H,1-3H3. The zero-order valence-corrected chi connectivity index (χ0v) is 11.4. The number of rotatable bonds is 0. The van der Waals surface area contributed by atoms with E-state index in [4.69, 9.17) is 0 Å². The predicted molar refractivity (Wildman–Crippen MR) is 75.5 cm³/mol. The van der Waals surface area contributed by atoms with E-state index >= 15 is 0 Å². The number of hydrogen-bond donors (Lipinski definition) is 0. The summed E-state index contributed by atoms with van der Waals surface area (Å²) in [6.07, 6.45) is 7.18. The van der Waals surface area contributed by atoms with Gasteiger partial charge in [-0.15, -0.1) is 11.8 Å². The molecular formula is C16H18S. The Labute approximate surface area is 108 Å². The van der Waals surface area contributed by atoms with Crippen LogP contribution in [0.5, 0.6) is 0 Å². The second-order valence-electron chi connectivity index (χ2n) is 5.88. The van der Waals surface area contributed by atoms with Crippen molar-refractivity contribution in [2.45, 2.75) is 36.8 Å². The molecule has 17 heavy (non-hydrogen) atoms. The SMILES string of the molecule is CC(C)(C)C1=CC2Sc3ccccc3C2C=C1. The second kappa shape index (κ2) is 3.78. The summed E-state index contributed by atoms with van der Waals surface area (Å²) in [5.41, 5.74) is 3.23. The minimum Gasteiger partial charge on any atom is -0.117 e. The number of thioether (sulfide) groups is 1. The molecule has 0 aromatic heterocycles. The summed E-state index contributed by atoms with van der Waals surface area (Å²) in [7, 11) is 0. The fourth-order valence-electron chi connectivity index (χ4n) is 2.55. The van der Waals surface area contributed by atoms with Crippen LogP contribution in [0.4, 0.5) is 0 Å². The topological polar surface area (TPSA) is 0 Å². The maximum absolute atomic E-state index is 2.47. The van der Waals surface area contributed by atoms with E-state index < -0.39 is 0 Å². The molecule has 2 unspecified atom stereocenters. The first kappa shape index (κ1) is 11.2. The molecule has 1 aliphatic carbocycles. The summed E-state index contributed by atoms with van der Waals surface area (Å²) in [6, 6.07) is 8.81. The van der Waals surface area contributed by atoms with Crippen molar-refractivity contribution in [3.05, 3.63) is 53.6 Å². The quantitative estimate of drug-likeness (QED) is 0.630. The van der Waals surface area contributed by atoms with E-state index in [1.54, 1.807) is 0 Å². The molecule has 0 N–H and O–H groups in total. The normalized spacial score (nSPS) is 26.4. The molecule has 1 aromatic rings. The number of allylic oxidation sites excluding steroid dienone is 3. The molecule has 0 nitrogen and oxygen atoms in total. The smallest absolute Gasteiger partial charge is 0.0384 e. The van der Waals surface area contributed by atoms with Gasteiger partial charge in [0.25, 0.3) is 0 Å². The minimum atomic E-state index is 0.261. The third-order valence-electron chi connectivity index (χ3n) is 3.59. The van der Waals surface area contributed by atoms with E-state index in [9.17, 15) is 0 Å². The highest BCUT2D eigenvalue weighted by atomic mass is 32.2. The van der Waals surface area contributed by atoms with Crippen LogP contribution in [0, 0.1) is 5.41 Å². The highest BCUT2D eigenvalue weighted by molar-refractivity contribution is 8.00. The van der Waals surface area contributed by atoms with Gasteiger partial charge in [0.05, 0.1) is 0 Å². The van der Waals surface area contributed by atoms with Gasteiger partial charge in [-0.2, -0.15) is 0 Å². The van der Waals surface area contributed by atoms with Crippen LogP contribution in [-0.4, -0.2) is 5.25 Å². The van der Waals surface area contributed by atoms with Gasteiger partial charge in [-0.1, -0.05) is 57.2 Å². The van der Waals surface area contributed by atoms with Crippen molar-refractivity contribution in [1.29, 1.82) is 0 Å². The van der Waals surface area contributed by atoms with Gasteiger partial charge in [0, 0.05) is 16.1 Å². The Morgan fingerprint density at radius 1 is 1.12 bits per heavy atom. The molecule has 0 fully saturated rings. The summed E-state index contributed by atoms with van der Waals surface area (Å²) in [5, 5.41) is 0.603. The van der Waals surface area contributed by atoms with Gasteiger partial charge < -0.3 is 0 Å². The lowest BCUT2D eigenvalue weighted by Crippen LogP contribution is -2.16. The Kier molecular flexibility index (Phi) is 2.48. The molecule has 0 bridgehead atoms. The maximum atomic E-state index is 2.47. The van der Waals surface area contributed by atoms with Crippen LogP contribution in [0.1, 0.15) is 32.3 Å². The first-order valence-electron chi connectivity index (χ1n) is 6.22. The molecule has 1 aromatic carbocycles. The fraction of sp³-hybridized carbons (Fsp3) is 0.375. The first-order chi connectivity index (χ1) is 8.05. The van der Waals surface area contributed by atoms with Crippen molar-refractivity contribution in [3.8, 4) is 0 Å². The van der Waals surface area contributed by atoms with Crippen molar-refractivity contribution in [1.82, 2.24) is 0 Å². The summed E-state index contributed by atoms with van der Waals surface area (Å²) in [5.74, 6) is 0.585. The van der Waals surface area contributed by atoms with Crippen LogP contribution in [0.25, 0.3) is 0 Å². The molecule has 1 heterocycles. The van der Waals surface area contributed by atoms with E-state index in [-0.39, 0.29) is 5.41 Å². The lowest BCUT2D eigenvalue weighted by Gasteiger charge is -2.27. The van der Waals surface area contributed by atoms with E-state index in [1.807, 2.05) is 11.8 Å². The zero-order chi connectivity index (χ0) is 12.0. The third-order valence-corrected chi connectivity index (χ3v) is 4.92. The minimum absolute atomic E-state index is 0.261. The molecule has 2 atom stereocenters. The summed E-state index contributed by atoms with van der Waals surface area (Å²) in [6.45, 7) is 6.86. The average molecular weight is 242 g/mol. The Morgan fingerprint density at radius 3 is 2.65 bits per heavy atom. The summed E-state index contributed by atoms with van der Waals surface area (Å²) >= 11 is 2.01. The van der Waals surface area contributed by atoms with Gasteiger partial charge in [0.15, 0.2) is 0 Å². The van der Waals surface area contributed by atoms with E-state index in [0.717, 1.165) is 0 Å².